The third-order valence-electron chi connectivity index (χ3n) is 2.66. The summed E-state index contributed by atoms with van der Waals surface area (Å²) >= 11 is 0. The molecule has 0 fully saturated rings. The Morgan fingerprint density at radius 3 is 2.50 bits per heavy atom. The summed E-state index contributed by atoms with van der Waals surface area (Å²) in [6, 6.07) is 2.30. The second-order valence-electron chi connectivity index (χ2n) is 4.22. The Morgan fingerprint density at radius 2 is 2.05 bits per heavy atom. The van der Waals surface area contributed by atoms with Crippen molar-refractivity contribution in [3.05, 3.63) is 36.8 Å². The van der Waals surface area contributed by atoms with Crippen molar-refractivity contribution >= 4 is 17.7 Å². The number of ketones is 2. The summed E-state index contributed by atoms with van der Waals surface area (Å²) in [4.78, 5) is 34.9. The highest BCUT2D eigenvalue weighted by Crippen LogP contribution is 2.24. The van der Waals surface area contributed by atoms with Crippen molar-refractivity contribution in [1.82, 2.24) is 5.32 Å². The molecule has 1 heterocycles. The quantitative estimate of drug-likeness (QED) is 0.609. The third-order valence-corrected chi connectivity index (χ3v) is 2.66. The van der Waals surface area contributed by atoms with Crippen LogP contribution in [0.1, 0.15) is 25.6 Å². The zero-order chi connectivity index (χ0) is 15.1. The standard InChI is InChI=1S/C14H17NO5/c1-4-7-20-14(18)15-13(11-6-5-8-19-11)12(9(2)16)10(3)17/h4-6,8,12-13H,1,7H2,2-3H3,(H,15,18)/t13-/m1/s1. The molecule has 0 saturated carbocycles. The summed E-state index contributed by atoms with van der Waals surface area (Å²) < 4.78 is 9.98. The second-order valence-corrected chi connectivity index (χ2v) is 4.22. The van der Waals surface area contributed by atoms with E-state index in [4.69, 9.17) is 9.15 Å². The second kappa shape index (κ2) is 7.28. The van der Waals surface area contributed by atoms with Gasteiger partial charge in [-0.3, -0.25) is 9.59 Å². The lowest BCUT2D eigenvalue weighted by molar-refractivity contribution is -0.131. The fraction of sp³-hybridized carbons (Fsp3) is 0.357. The molecule has 1 amide bonds. The maximum absolute atomic E-state index is 11.6. The number of alkyl carbamates (subject to hydrolysis) is 1. The zero-order valence-corrected chi connectivity index (χ0v) is 11.4. The van der Waals surface area contributed by atoms with Crippen LogP contribution >= 0.6 is 0 Å². The first kappa shape index (κ1) is 15.7. The van der Waals surface area contributed by atoms with Crippen LogP contribution < -0.4 is 5.32 Å². The van der Waals surface area contributed by atoms with Gasteiger partial charge in [-0.1, -0.05) is 12.7 Å². The summed E-state index contributed by atoms with van der Waals surface area (Å²) in [5, 5.41) is 2.47. The van der Waals surface area contributed by atoms with Gasteiger partial charge in [-0.15, -0.1) is 0 Å². The average Bonchev–Trinajstić information content (AvgIpc) is 2.88. The lowest BCUT2D eigenvalue weighted by Crippen LogP contribution is -2.39. The van der Waals surface area contributed by atoms with Crippen molar-refractivity contribution in [3.8, 4) is 0 Å². The first-order valence-electron chi connectivity index (χ1n) is 6.05. The van der Waals surface area contributed by atoms with Crippen LogP contribution in [0.5, 0.6) is 0 Å². The van der Waals surface area contributed by atoms with E-state index >= 15 is 0 Å². The average molecular weight is 279 g/mol. The van der Waals surface area contributed by atoms with Crippen molar-refractivity contribution in [2.45, 2.75) is 19.9 Å². The zero-order valence-electron chi connectivity index (χ0n) is 11.4. The number of amides is 1. The monoisotopic (exact) mass is 279 g/mol. The maximum Gasteiger partial charge on any atom is 0.408 e. The minimum atomic E-state index is -1.02. The van der Waals surface area contributed by atoms with E-state index in [2.05, 4.69) is 11.9 Å². The van der Waals surface area contributed by atoms with Gasteiger partial charge in [0.1, 0.15) is 35.9 Å². The molecule has 0 aromatic carbocycles. The van der Waals surface area contributed by atoms with Crippen molar-refractivity contribution in [2.24, 2.45) is 5.92 Å². The van der Waals surface area contributed by atoms with Gasteiger partial charge in [-0.2, -0.15) is 0 Å². The smallest absolute Gasteiger partial charge is 0.408 e. The molecule has 20 heavy (non-hydrogen) atoms. The molecule has 0 unspecified atom stereocenters. The molecule has 0 radical (unpaired) electrons. The highest BCUT2D eigenvalue weighted by molar-refractivity contribution is 6.01. The molecule has 1 atom stereocenters. The Morgan fingerprint density at radius 1 is 1.40 bits per heavy atom. The van der Waals surface area contributed by atoms with Crippen LogP contribution in [-0.4, -0.2) is 24.3 Å². The molecular weight excluding hydrogens is 262 g/mol. The molecule has 0 aliphatic carbocycles. The number of furan rings is 1. The normalized spacial score (nSPS) is 11.8. The molecular formula is C14H17NO5. The van der Waals surface area contributed by atoms with E-state index in [1.165, 1.54) is 26.2 Å². The van der Waals surface area contributed by atoms with Crippen molar-refractivity contribution in [3.63, 3.8) is 0 Å². The molecule has 0 aliphatic heterocycles. The third kappa shape index (κ3) is 4.08. The molecule has 0 bridgehead atoms. The van der Waals surface area contributed by atoms with Crippen LogP contribution in [0.2, 0.25) is 0 Å². The Kier molecular flexibility index (Phi) is 5.71. The van der Waals surface area contributed by atoms with E-state index in [-0.39, 0.29) is 18.2 Å². The number of hydrogen-bond donors (Lipinski definition) is 1. The molecule has 108 valence electrons. The summed E-state index contributed by atoms with van der Waals surface area (Å²) in [5.74, 6) is -1.42. The van der Waals surface area contributed by atoms with Crippen molar-refractivity contribution < 1.29 is 23.5 Å². The minimum absolute atomic E-state index is 0.0293. The van der Waals surface area contributed by atoms with Gasteiger partial charge in [0.2, 0.25) is 0 Å². The fourth-order valence-corrected chi connectivity index (χ4v) is 1.85. The first-order valence-corrected chi connectivity index (χ1v) is 6.05. The maximum atomic E-state index is 11.6. The van der Waals surface area contributed by atoms with E-state index in [0.717, 1.165) is 0 Å². The molecule has 6 nitrogen and oxygen atoms in total. The van der Waals surface area contributed by atoms with E-state index in [9.17, 15) is 14.4 Å². The van der Waals surface area contributed by atoms with Crippen LogP contribution in [0.3, 0.4) is 0 Å². The summed E-state index contributed by atoms with van der Waals surface area (Å²) in [6.07, 6.45) is 2.06. The number of Topliss-reactive ketones (excluding diaryl/α,β-unsaturated/α-hetero) is 2. The molecule has 1 rings (SSSR count). The Hall–Kier alpha value is -2.37. The molecule has 0 spiro atoms. The SMILES string of the molecule is C=CCOC(=O)N[C@H](c1ccco1)C(C(C)=O)C(C)=O. The molecule has 0 saturated heterocycles. The van der Waals surface area contributed by atoms with Crippen LogP contribution in [0.4, 0.5) is 4.79 Å². The fourth-order valence-electron chi connectivity index (χ4n) is 1.85. The largest absolute Gasteiger partial charge is 0.467 e. The van der Waals surface area contributed by atoms with Gasteiger partial charge < -0.3 is 14.5 Å². The van der Waals surface area contributed by atoms with E-state index in [1.54, 1.807) is 12.1 Å². The summed E-state index contributed by atoms with van der Waals surface area (Å²) in [5.41, 5.74) is 0. The highest BCUT2D eigenvalue weighted by Gasteiger charge is 2.34. The van der Waals surface area contributed by atoms with Gasteiger partial charge in [-0.25, -0.2) is 4.79 Å². The first-order chi connectivity index (χ1) is 9.47. The number of carbonyl (C=O) groups is 3. The predicted molar refractivity (Wildman–Crippen MR) is 71.0 cm³/mol. The van der Waals surface area contributed by atoms with E-state index < -0.39 is 18.1 Å². The molecule has 6 heteroatoms. The number of rotatable bonds is 7. The number of hydrogen-bond acceptors (Lipinski definition) is 5. The minimum Gasteiger partial charge on any atom is -0.467 e. The predicted octanol–water partition coefficient (Wildman–Crippen LogP) is 2.03. The van der Waals surface area contributed by atoms with Crippen LogP contribution in [0.15, 0.2) is 35.5 Å². The van der Waals surface area contributed by atoms with Gasteiger partial charge in [0.05, 0.1) is 6.26 Å². The highest BCUT2D eigenvalue weighted by atomic mass is 16.5. The number of carbonyl (C=O) groups excluding carboxylic acids is 3. The molecule has 1 aromatic heterocycles. The van der Waals surface area contributed by atoms with Crippen molar-refractivity contribution in [1.29, 1.82) is 0 Å². The van der Waals surface area contributed by atoms with E-state index in [0.29, 0.717) is 5.76 Å². The summed E-state index contributed by atoms with van der Waals surface area (Å²) in [7, 11) is 0. The van der Waals surface area contributed by atoms with Gasteiger partial charge in [0, 0.05) is 0 Å². The molecule has 0 aliphatic rings. The Labute approximate surface area is 116 Å². The molecule has 1 aromatic rings. The van der Waals surface area contributed by atoms with Crippen LogP contribution in [-0.2, 0) is 14.3 Å². The van der Waals surface area contributed by atoms with E-state index in [1.807, 2.05) is 0 Å². The number of ether oxygens (including phenoxy) is 1. The Bertz CT molecular complexity index is 478. The van der Waals surface area contributed by atoms with Crippen LogP contribution in [0.25, 0.3) is 0 Å². The lowest BCUT2D eigenvalue weighted by atomic mass is 9.90. The van der Waals surface area contributed by atoms with Gasteiger partial charge in [0.15, 0.2) is 0 Å². The Balaban J connectivity index is 2.96. The topological polar surface area (TPSA) is 85.6 Å². The van der Waals surface area contributed by atoms with Crippen molar-refractivity contribution in [2.75, 3.05) is 6.61 Å². The number of nitrogens with one attached hydrogen (secondary N) is 1. The van der Waals surface area contributed by atoms with Gasteiger partial charge in [0.25, 0.3) is 0 Å². The summed E-state index contributed by atoms with van der Waals surface area (Å²) in [6.45, 7) is 6.03. The lowest BCUT2D eigenvalue weighted by Gasteiger charge is -2.22. The van der Waals surface area contributed by atoms with Gasteiger partial charge in [-0.05, 0) is 26.0 Å². The van der Waals surface area contributed by atoms with Crippen LogP contribution in [0, 0.1) is 5.92 Å². The molecule has 1 N–H and O–H groups in total. The van der Waals surface area contributed by atoms with Gasteiger partial charge >= 0.3 is 6.09 Å².